The fourth-order valence-corrected chi connectivity index (χ4v) is 4.41. The Morgan fingerprint density at radius 2 is 1.88 bits per heavy atom. The molecule has 0 spiro atoms. The number of amides is 1. The van der Waals surface area contributed by atoms with E-state index in [1.165, 1.54) is 0 Å². The molecule has 1 atom stereocenters. The Labute approximate surface area is 146 Å². The predicted octanol–water partition coefficient (Wildman–Crippen LogP) is 2.56. The van der Waals surface area contributed by atoms with E-state index in [0.29, 0.717) is 12.0 Å². The lowest BCUT2D eigenvalue weighted by Crippen LogP contribution is -2.70. The number of carbonyl (C=O) groups excluding carboxylic acids is 1. The molecule has 0 aliphatic carbocycles. The molecule has 1 unspecified atom stereocenters. The highest BCUT2D eigenvalue weighted by molar-refractivity contribution is 5.94. The highest BCUT2D eigenvalue weighted by Crippen LogP contribution is 2.29. The fraction of sp³-hybridized carbons (Fsp3) is 0.650. The molecule has 1 aromatic carbocycles. The Balaban J connectivity index is 1.72. The van der Waals surface area contributed by atoms with Crippen molar-refractivity contribution in [3.63, 3.8) is 0 Å². The van der Waals surface area contributed by atoms with Crippen LogP contribution in [0, 0.1) is 5.92 Å². The zero-order valence-electron chi connectivity index (χ0n) is 15.5. The summed E-state index contributed by atoms with van der Waals surface area (Å²) in [5.41, 5.74) is 0.986. The number of piperazine rings is 2. The quantitative estimate of drug-likeness (QED) is 0.853. The van der Waals surface area contributed by atoms with Crippen LogP contribution in [0.2, 0.25) is 0 Å². The molecule has 4 nitrogen and oxygen atoms in total. The second-order valence-electron chi connectivity index (χ2n) is 8.36. The number of rotatable bonds is 3. The molecule has 0 bridgehead atoms. The van der Waals surface area contributed by atoms with E-state index in [0.717, 1.165) is 44.8 Å². The molecular formula is C20H31N3O. The molecule has 132 valence electrons. The lowest BCUT2D eigenvalue weighted by atomic mass is 9.92. The van der Waals surface area contributed by atoms with Crippen LogP contribution in [0.4, 0.5) is 0 Å². The molecule has 2 aliphatic heterocycles. The van der Waals surface area contributed by atoms with Crippen molar-refractivity contribution >= 4 is 5.91 Å². The van der Waals surface area contributed by atoms with Gasteiger partial charge in [-0.3, -0.25) is 14.6 Å². The van der Waals surface area contributed by atoms with Gasteiger partial charge in [-0.25, -0.2) is 0 Å². The molecule has 0 aromatic heterocycles. The summed E-state index contributed by atoms with van der Waals surface area (Å²) < 4.78 is 0. The van der Waals surface area contributed by atoms with E-state index in [4.69, 9.17) is 0 Å². The molecule has 2 heterocycles. The van der Waals surface area contributed by atoms with Crippen LogP contribution in [0.15, 0.2) is 30.3 Å². The van der Waals surface area contributed by atoms with Crippen molar-refractivity contribution in [2.45, 2.75) is 39.3 Å². The van der Waals surface area contributed by atoms with Crippen LogP contribution in [0.3, 0.4) is 0 Å². The molecule has 1 aromatic rings. The number of carbonyl (C=O) groups is 1. The van der Waals surface area contributed by atoms with Crippen molar-refractivity contribution in [1.82, 2.24) is 14.7 Å². The van der Waals surface area contributed by atoms with Crippen molar-refractivity contribution < 1.29 is 4.79 Å². The summed E-state index contributed by atoms with van der Waals surface area (Å²) in [7, 11) is 0. The number of hydrogen-bond donors (Lipinski definition) is 0. The van der Waals surface area contributed by atoms with E-state index >= 15 is 0 Å². The average molecular weight is 329 g/mol. The van der Waals surface area contributed by atoms with Gasteiger partial charge in [-0.1, -0.05) is 32.0 Å². The summed E-state index contributed by atoms with van der Waals surface area (Å²) >= 11 is 0. The van der Waals surface area contributed by atoms with Crippen LogP contribution in [-0.4, -0.2) is 71.5 Å². The number of fused-ring (bicyclic) bond motifs is 1. The summed E-state index contributed by atoms with van der Waals surface area (Å²) in [6.45, 7) is 15.2. The molecule has 0 N–H and O–H groups in total. The SMILES string of the molecule is CC(C)CN1CC2CN(C(=O)c3ccccc3)CCN2C(C)(C)C1. The van der Waals surface area contributed by atoms with E-state index in [-0.39, 0.29) is 11.4 Å². The standard InChI is InChI=1S/C20H31N3O/c1-16(2)12-21-13-18-14-22(10-11-23(18)20(3,4)15-21)19(24)17-8-6-5-7-9-17/h5-9,16,18H,10-15H2,1-4H3. The number of nitrogens with zero attached hydrogens (tertiary/aromatic N) is 3. The van der Waals surface area contributed by atoms with Gasteiger partial charge in [0.25, 0.3) is 5.91 Å². The summed E-state index contributed by atoms with van der Waals surface area (Å²) in [6, 6.07) is 10.1. The predicted molar refractivity (Wildman–Crippen MR) is 98.2 cm³/mol. The molecular weight excluding hydrogens is 298 g/mol. The zero-order valence-corrected chi connectivity index (χ0v) is 15.5. The van der Waals surface area contributed by atoms with Crippen molar-refractivity contribution in [2.75, 3.05) is 39.3 Å². The van der Waals surface area contributed by atoms with Crippen LogP contribution in [0.5, 0.6) is 0 Å². The minimum absolute atomic E-state index is 0.175. The molecule has 2 aliphatic rings. The zero-order chi connectivity index (χ0) is 17.3. The van der Waals surface area contributed by atoms with Crippen LogP contribution < -0.4 is 0 Å². The maximum atomic E-state index is 12.8. The van der Waals surface area contributed by atoms with E-state index in [1.807, 2.05) is 35.2 Å². The van der Waals surface area contributed by atoms with E-state index in [2.05, 4.69) is 37.5 Å². The molecule has 2 saturated heterocycles. The average Bonchev–Trinajstić information content (AvgIpc) is 2.53. The van der Waals surface area contributed by atoms with Crippen molar-refractivity contribution in [3.05, 3.63) is 35.9 Å². The van der Waals surface area contributed by atoms with Gasteiger partial charge in [0, 0.05) is 56.4 Å². The first-order valence-electron chi connectivity index (χ1n) is 9.20. The molecule has 3 rings (SSSR count). The van der Waals surface area contributed by atoms with Gasteiger partial charge in [-0.05, 0) is 31.9 Å². The van der Waals surface area contributed by atoms with Crippen molar-refractivity contribution in [2.24, 2.45) is 5.92 Å². The van der Waals surface area contributed by atoms with Crippen molar-refractivity contribution in [1.29, 1.82) is 0 Å². The normalized spacial score (nSPS) is 24.9. The second kappa shape index (κ2) is 6.85. The Bertz CT molecular complexity index is 570. The van der Waals surface area contributed by atoms with E-state index in [9.17, 15) is 4.79 Å². The molecule has 1 amide bonds. The Morgan fingerprint density at radius 3 is 2.54 bits per heavy atom. The first-order valence-corrected chi connectivity index (χ1v) is 9.20. The van der Waals surface area contributed by atoms with Crippen LogP contribution >= 0.6 is 0 Å². The first kappa shape index (κ1) is 17.4. The fourth-order valence-electron chi connectivity index (χ4n) is 4.41. The van der Waals surface area contributed by atoms with Gasteiger partial charge in [-0.15, -0.1) is 0 Å². The Morgan fingerprint density at radius 1 is 1.17 bits per heavy atom. The third-order valence-corrected chi connectivity index (χ3v) is 5.27. The Hall–Kier alpha value is -1.39. The number of hydrogen-bond acceptors (Lipinski definition) is 3. The van der Waals surface area contributed by atoms with Gasteiger partial charge >= 0.3 is 0 Å². The Kier molecular flexibility index (Phi) is 4.97. The molecule has 0 saturated carbocycles. The third-order valence-electron chi connectivity index (χ3n) is 5.27. The highest BCUT2D eigenvalue weighted by atomic mass is 16.2. The van der Waals surface area contributed by atoms with Gasteiger partial charge < -0.3 is 4.90 Å². The second-order valence-corrected chi connectivity index (χ2v) is 8.36. The third kappa shape index (κ3) is 3.65. The van der Waals surface area contributed by atoms with Gasteiger partial charge in [0.2, 0.25) is 0 Å². The molecule has 4 heteroatoms. The maximum absolute atomic E-state index is 12.8. The van der Waals surface area contributed by atoms with E-state index < -0.39 is 0 Å². The summed E-state index contributed by atoms with van der Waals surface area (Å²) in [4.78, 5) is 20.0. The molecule has 0 radical (unpaired) electrons. The lowest BCUT2D eigenvalue weighted by molar-refractivity contribution is -0.0613. The topological polar surface area (TPSA) is 26.8 Å². The highest BCUT2D eigenvalue weighted by Gasteiger charge is 2.43. The van der Waals surface area contributed by atoms with Crippen molar-refractivity contribution in [3.8, 4) is 0 Å². The van der Waals surface area contributed by atoms with Gasteiger partial charge in [0.1, 0.15) is 0 Å². The van der Waals surface area contributed by atoms with Gasteiger partial charge in [0.05, 0.1) is 0 Å². The van der Waals surface area contributed by atoms with Crippen LogP contribution in [0.1, 0.15) is 38.1 Å². The molecule has 24 heavy (non-hydrogen) atoms. The first-order chi connectivity index (χ1) is 11.4. The minimum Gasteiger partial charge on any atom is -0.336 e. The lowest BCUT2D eigenvalue weighted by Gasteiger charge is -2.55. The number of benzene rings is 1. The summed E-state index contributed by atoms with van der Waals surface area (Å²) in [6.07, 6.45) is 0. The maximum Gasteiger partial charge on any atom is 0.253 e. The monoisotopic (exact) mass is 329 g/mol. The minimum atomic E-state index is 0.175. The molecule has 2 fully saturated rings. The smallest absolute Gasteiger partial charge is 0.253 e. The largest absolute Gasteiger partial charge is 0.336 e. The van der Waals surface area contributed by atoms with Gasteiger partial charge in [0.15, 0.2) is 0 Å². The summed E-state index contributed by atoms with van der Waals surface area (Å²) in [5, 5.41) is 0. The van der Waals surface area contributed by atoms with Gasteiger partial charge in [-0.2, -0.15) is 0 Å². The van der Waals surface area contributed by atoms with Crippen LogP contribution in [0.25, 0.3) is 0 Å². The van der Waals surface area contributed by atoms with Crippen LogP contribution in [-0.2, 0) is 0 Å². The summed E-state index contributed by atoms with van der Waals surface area (Å²) in [5.74, 6) is 0.854. The van der Waals surface area contributed by atoms with E-state index in [1.54, 1.807) is 0 Å².